The standard InChI is InChI=1S/C12H13ClF3N3/c13-10-5-8(6-17)7-18-11(10)19-3-1-9(2-4-19)12(14,15)16/h1,5,7H,2-4,6,17H2. The Labute approximate surface area is 113 Å². The molecule has 1 aromatic heterocycles. The predicted octanol–water partition coefficient (Wildman–Crippen LogP) is 2.89. The van der Waals surface area contributed by atoms with Crippen molar-refractivity contribution in [3.8, 4) is 0 Å². The summed E-state index contributed by atoms with van der Waals surface area (Å²) in [5.74, 6) is 0.497. The van der Waals surface area contributed by atoms with Gasteiger partial charge in [0.1, 0.15) is 5.82 Å². The zero-order chi connectivity index (χ0) is 14.0. The van der Waals surface area contributed by atoms with Crippen LogP contribution in [0.3, 0.4) is 0 Å². The van der Waals surface area contributed by atoms with Crippen LogP contribution < -0.4 is 10.6 Å². The maximum atomic E-state index is 12.5. The Balaban J connectivity index is 2.16. The van der Waals surface area contributed by atoms with Crippen LogP contribution in [0.4, 0.5) is 19.0 Å². The molecule has 0 amide bonds. The van der Waals surface area contributed by atoms with Gasteiger partial charge in [0.15, 0.2) is 0 Å². The van der Waals surface area contributed by atoms with Crippen LogP contribution in [0.1, 0.15) is 12.0 Å². The number of halogens is 4. The van der Waals surface area contributed by atoms with Gasteiger partial charge in [0.25, 0.3) is 0 Å². The van der Waals surface area contributed by atoms with Crippen LogP contribution in [0, 0.1) is 0 Å². The number of nitrogens with zero attached hydrogens (tertiary/aromatic N) is 2. The highest BCUT2D eigenvalue weighted by Crippen LogP contribution is 2.32. The Morgan fingerprint density at radius 3 is 2.63 bits per heavy atom. The molecule has 0 aromatic carbocycles. The van der Waals surface area contributed by atoms with Crippen LogP contribution in [-0.2, 0) is 6.54 Å². The normalized spacial score (nSPS) is 16.5. The number of alkyl halides is 3. The molecular weight excluding hydrogens is 279 g/mol. The van der Waals surface area contributed by atoms with Crippen molar-refractivity contribution in [2.75, 3.05) is 18.0 Å². The zero-order valence-electron chi connectivity index (χ0n) is 10.0. The topological polar surface area (TPSA) is 42.1 Å². The van der Waals surface area contributed by atoms with E-state index in [-0.39, 0.29) is 19.5 Å². The number of hydrogen-bond acceptors (Lipinski definition) is 3. The second-order valence-corrected chi connectivity index (χ2v) is 4.68. The molecule has 0 spiro atoms. The highest BCUT2D eigenvalue weighted by atomic mass is 35.5. The van der Waals surface area contributed by atoms with E-state index in [9.17, 15) is 13.2 Å². The molecule has 0 aliphatic carbocycles. The van der Waals surface area contributed by atoms with E-state index < -0.39 is 11.7 Å². The predicted molar refractivity (Wildman–Crippen MR) is 68.1 cm³/mol. The van der Waals surface area contributed by atoms with Gasteiger partial charge in [-0.3, -0.25) is 0 Å². The number of rotatable bonds is 2. The van der Waals surface area contributed by atoms with Crippen molar-refractivity contribution < 1.29 is 13.2 Å². The third-order valence-electron chi connectivity index (χ3n) is 2.99. The van der Waals surface area contributed by atoms with E-state index in [4.69, 9.17) is 17.3 Å². The van der Waals surface area contributed by atoms with Crippen LogP contribution in [0.25, 0.3) is 0 Å². The average Bonchev–Trinajstić information content (AvgIpc) is 2.37. The van der Waals surface area contributed by atoms with Crippen molar-refractivity contribution in [2.24, 2.45) is 5.73 Å². The first kappa shape index (κ1) is 14.1. The maximum Gasteiger partial charge on any atom is 0.412 e. The molecule has 0 saturated carbocycles. The summed E-state index contributed by atoms with van der Waals surface area (Å²) in [6, 6.07) is 1.69. The van der Waals surface area contributed by atoms with E-state index in [0.29, 0.717) is 17.4 Å². The number of anilines is 1. The number of nitrogens with two attached hydrogens (primary N) is 1. The second kappa shape index (κ2) is 5.38. The smallest absolute Gasteiger partial charge is 0.351 e. The molecule has 1 aromatic rings. The summed E-state index contributed by atoms with van der Waals surface area (Å²) in [5.41, 5.74) is 5.77. The SMILES string of the molecule is NCc1cnc(N2CC=C(C(F)(F)F)CC2)c(Cl)c1. The minimum atomic E-state index is -4.24. The summed E-state index contributed by atoms with van der Waals surface area (Å²) in [7, 11) is 0. The Morgan fingerprint density at radius 2 is 2.16 bits per heavy atom. The van der Waals surface area contributed by atoms with Gasteiger partial charge >= 0.3 is 6.18 Å². The molecule has 7 heteroatoms. The third kappa shape index (κ3) is 3.19. The molecule has 0 unspecified atom stereocenters. The van der Waals surface area contributed by atoms with Crippen molar-refractivity contribution in [3.63, 3.8) is 0 Å². The summed E-state index contributed by atoms with van der Waals surface area (Å²) in [4.78, 5) is 5.88. The molecule has 2 N–H and O–H groups in total. The number of hydrogen-bond donors (Lipinski definition) is 1. The molecule has 2 rings (SSSR count). The lowest BCUT2D eigenvalue weighted by Crippen LogP contribution is -2.32. The Bertz CT molecular complexity index is 499. The fraction of sp³-hybridized carbons (Fsp3) is 0.417. The first-order valence-corrected chi connectivity index (χ1v) is 6.15. The zero-order valence-corrected chi connectivity index (χ0v) is 10.8. The van der Waals surface area contributed by atoms with Crippen molar-refractivity contribution in [1.29, 1.82) is 0 Å². The molecule has 19 heavy (non-hydrogen) atoms. The van der Waals surface area contributed by atoms with Gasteiger partial charge in [0, 0.05) is 31.4 Å². The summed E-state index contributed by atoms with van der Waals surface area (Å²) >= 11 is 6.07. The Morgan fingerprint density at radius 1 is 1.42 bits per heavy atom. The summed E-state index contributed by atoms with van der Waals surface area (Å²) in [6.07, 6.45) is -1.53. The first-order valence-electron chi connectivity index (χ1n) is 5.77. The molecular formula is C12H13ClF3N3. The fourth-order valence-electron chi connectivity index (χ4n) is 1.93. The number of pyridine rings is 1. The van der Waals surface area contributed by atoms with Crippen molar-refractivity contribution in [3.05, 3.63) is 34.5 Å². The van der Waals surface area contributed by atoms with Crippen LogP contribution >= 0.6 is 11.6 Å². The third-order valence-corrected chi connectivity index (χ3v) is 3.27. The molecule has 1 aliphatic heterocycles. The Kier molecular flexibility index (Phi) is 4.01. The fourth-order valence-corrected chi connectivity index (χ4v) is 2.24. The quantitative estimate of drug-likeness (QED) is 0.852. The molecule has 0 bridgehead atoms. The van der Waals surface area contributed by atoms with Gasteiger partial charge in [-0.15, -0.1) is 0 Å². The highest BCUT2D eigenvalue weighted by Gasteiger charge is 2.35. The van der Waals surface area contributed by atoms with E-state index in [1.54, 1.807) is 17.2 Å². The maximum absolute atomic E-state index is 12.5. The molecule has 0 fully saturated rings. The molecule has 0 radical (unpaired) electrons. The Hall–Kier alpha value is -1.27. The molecule has 0 atom stereocenters. The summed E-state index contributed by atoms with van der Waals surface area (Å²) in [6.45, 7) is 0.731. The van der Waals surface area contributed by atoms with E-state index >= 15 is 0 Å². The van der Waals surface area contributed by atoms with Gasteiger partial charge in [0.05, 0.1) is 5.02 Å². The monoisotopic (exact) mass is 291 g/mol. The molecule has 0 saturated heterocycles. The summed E-state index contributed by atoms with van der Waals surface area (Å²) in [5, 5.41) is 0.409. The van der Waals surface area contributed by atoms with Crippen LogP contribution in [-0.4, -0.2) is 24.2 Å². The van der Waals surface area contributed by atoms with Crippen LogP contribution in [0.2, 0.25) is 5.02 Å². The van der Waals surface area contributed by atoms with Crippen molar-refractivity contribution in [2.45, 2.75) is 19.1 Å². The lowest BCUT2D eigenvalue weighted by Gasteiger charge is -2.28. The first-order chi connectivity index (χ1) is 8.91. The second-order valence-electron chi connectivity index (χ2n) is 4.28. The number of aromatic nitrogens is 1. The summed E-state index contributed by atoms with van der Waals surface area (Å²) < 4.78 is 37.5. The largest absolute Gasteiger partial charge is 0.412 e. The minimum absolute atomic E-state index is 0.0554. The molecule has 2 heterocycles. The van der Waals surface area contributed by atoms with Gasteiger partial charge in [-0.1, -0.05) is 17.7 Å². The minimum Gasteiger partial charge on any atom is -0.351 e. The average molecular weight is 292 g/mol. The van der Waals surface area contributed by atoms with Gasteiger partial charge in [0.2, 0.25) is 0 Å². The molecule has 1 aliphatic rings. The molecule has 3 nitrogen and oxygen atoms in total. The van der Waals surface area contributed by atoms with E-state index in [0.717, 1.165) is 5.56 Å². The van der Waals surface area contributed by atoms with Gasteiger partial charge in [-0.25, -0.2) is 4.98 Å². The lowest BCUT2D eigenvalue weighted by molar-refractivity contribution is -0.0944. The lowest BCUT2D eigenvalue weighted by atomic mass is 10.1. The van der Waals surface area contributed by atoms with Crippen LogP contribution in [0.5, 0.6) is 0 Å². The van der Waals surface area contributed by atoms with Gasteiger partial charge < -0.3 is 10.6 Å². The van der Waals surface area contributed by atoms with Gasteiger partial charge in [-0.2, -0.15) is 13.2 Å². The van der Waals surface area contributed by atoms with Crippen LogP contribution in [0.15, 0.2) is 23.9 Å². The van der Waals surface area contributed by atoms with Crippen molar-refractivity contribution >= 4 is 17.4 Å². The molecule has 104 valence electrons. The van der Waals surface area contributed by atoms with E-state index in [1.165, 1.54) is 6.08 Å². The highest BCUT2D eigenvalue weighted by molar-refractivity contribution is 6.33. The van der Waals surface area contributed by atoms with E-state index in [1.807, 2.05) is 0 Å². The van der Waals surface area contributed by atoms with Gasteiger partial charge in [-0.05, 0) is 18.1 Å². The van der Waals surface area contributed by atoms with E-state index in [2.05, 4.69) is 4.98 Å². The van der Waals surface area contributed by atoms with Crippen molar-refractivity contribution in [1.82, 2.24) is 4.98 Å².